The van der Waals surface area contributed by atoms with E-state index in [-0.39, 0.29) is 0 Å². The molecule has 0 saturated carbocycles. The number of hydrogen-bond donors (Lipinski definition) is 1. The molecule has 21 heavy (non-hydrogen) atoms. The molecule has 6 heteroatoms. The molecule has 3 aromatic rings. The van der Waals surface area contributed by atoms with Gasteiger partial charge in [0.25, 0.3) is 0 Å². The van der Waals surface area contributed by atoms with Gasteiger partial charge >= 0.3 is 0 Å². The number of aryl methyl sites for hydroxylation is 1. The van der Waals surface area contributed by atoms with Crippen LogP contribution < -0.4 is 5.32 Å². The summed E-state index contributed by atoms with van der Waals surface area (Å²) in [5, 5.41) is 25.6. The van der Waals surface area contributed by atoms with Crippen molar-refractivity contribution >= 4 is 16.6 Å². The van der Waals surface area contributed by atoms with Gasteiger partial charge in [0.15, 0.2) is 5.69 Å². The van der Waals surface area contributed by atoms with Crippen LogP contribution in [0.4, 0.5) is 5.69 Å². The van der Waals surface area contributed by atoms with Crippen LogP contribution in [0.1, 0.15) is 11.3 Å². The van der Waals surface area contributed by atoms with E-state index >= 15 is 0 Å². The summed E-state index contributed by atoms with van der Waals surface area (Å²) in [6.45, 7) is 3.39. The summed E-state index contributed by atoms with van der Waals surface area (Å²) in [7, 11) is 0. The van der Waals surface area contributed by atoms with Crippen molar-refractivity contribution in [2.45, 2.75) is 13.5 Å². The summed E-state index contributed by atoms with van der Waals surface area (Å²) in [5.41, 5.74) is 2.95. The molecule has 2 heterocycles. The first-order valence-electron chi connectivity index (χ1n) is 6.66. The Labute approximate surface area is 122 Å². The van der Waals surface area contributed by atoms with Gasteiger partial charge in [-0.3, -0.25) is 4.68 Å². The van der Waals surface area contributed by atoms with E-state index in [1.165, 1.54) is 0 Å². The second-order valence-corrected chi connectivity index (χ2v) is 4.75. The molecule has 0 amide bonds. The molecule has 0 fully saturated rings. The molecule has 0 aliphatic heterocycles. The Balaban J connectivity index is 1.91. The summed E-state index contributed by atoms with van der Waals surface area (Å²) in [6.07, 6.45) is 3.65. The maximum Gasteiger partial charge on any atom is 0.186 e. The van der Waals surface area contributed by atoms with Crippen LogP contribution in [0.5, 0.6) is 0 Å². The van der Waals surface area contributed by atoms with Gasteiger partial charge in [-0.2, -0.15) is 10.4 Å². The zero-order valence-electron chi connectivity index (χ0n) is 11.6. The van der Waals surface area contributed by atoms with Crippen molar-refractivity contribution in [1.29, 1.82) is 5.26 Å². The van der Waals surface area contributed by atoms with E-state index < -0.39 is 0 Å². The maximum atomic E-state index is 9.22. The predicted molar refractivity (Wildman–Crippen MR) is 79.7 cm³/mol. The van der Waals surface area contributed by atoms with Crippen LogP contribution in [0.15, 0.2) is 36.7 Å². The minimum atomic E-state index is 0.313. The summed E-state index contributed by atoms with van der Waals surface area (Å²) in [4.78, 5) is 0. The van der Waals surface area contributed by atoms with E-state index in [0.29, 0.717) is 18.8 Å². The maximum absolute atomic E-state index is 9.22. The third-order valence-electron chi connectivity index (χ3n) is 3.22. The van der Waals surface area contributed by atoms with E-state index in [2.05, 4.69) is 26.7 Å². The average Bonchev–Trinajstić information content (AvgIpc) is 3.00. The van der Waals surface area contributed by atoms with Gasteiger partial charge in [0.2, 0.25) is 0 Å². The Morgan fingerprint density at radius 1 is 1.33 bits per heavy atom. The second-order valence-electron chi connectivity index (χ2n) is 4.75. The third kappa shape index (κ3) is 2.67. The molecule has 0 aliphatic carbocycles. The number of nitrogens with zero attached hydrogens (tertiary/aromatic N) is 5. The lowest BCUT2D eigenvalue weighted by Crippen LogP contribution is -2.12. The minimum absolute atomic E-state index is 0.313. The van der Waals surface area contributed by atoms with Crippen LogP contribution >= 0.6 is 0 Å². The molecule has 1 N–H and O–H groups in total. The third-order valence-corrected chi connectivity index (χ3v) is 3.22. The number of hydrogen-bond acceptors (Lipinski definition) is 5. The van der Waals surface area contributed by atoms with Gasteiger partial charge in [-0.05, 0) is 25.1 Å². The fourth-order valence-corrected chi connectivity index (χ4v) is 2.20. The fourth-order valence-electron chi connectivity index (χ4n) is 2.20. The Hall–Kier alpha value is -2.94. The lowest BCUT2D eigenvalue weighted by molar-refractivity contribution is 0.638. The first kappa shape index (κ1) is 13.1. The molecule has 1 aromatic carbocycles. The van der Waals surface area contributed by atoms with E-state index in [4.69, 9.17) is 0 Å². The van der Waals surface area contributed by atoms with Crippen LogP contribution in [0.2, 0.25) is 0 Å². The van der Waals surface area contributed by atoms with Crippen LogP contribution in [0.3, 0.4) is 0 Å². The molecule has 3 rings (SSSR count). The molecular formula is C15H14N6. The second kappa shape index (κ2) is 5.59. The molecule has 2 aromatic heterocycles. The minimum Gasteiger partial charge on any atom is -0.380 e. The van der Waals surface area contributed by atoms with Crippen LogP contribution in [0.25, 0.3) is 10.9 Å². The number of benzene rings is 1. The number of aromatic nitrogens is 4. The van der Waals surface area contributed by atoms with E-state index in [9.17, 15) is 5.26 Å². The zero-order valence-corrected chi connectivity index (χ0v) is 11.6. The molecular weight excluding hydrogens is 264 g/mol. The number of anilines is 1. The highest BCUT2D eigenvalue weighted by molar-refractivity contribution is 5.93. The van der Waals surface area contributed by atoms with Gasteiger partial charge in [-0.15, -0.1) is 10.2 Å². The van der Waals surface area contributed by atoms with Crippen molar-refractivity contribution in [1.82, 2.24) is 20.0 Å². The van der Waals surface area contributed by atoms with Gasteiger partial charge in [0.05, 0.1) is 17.7 Å². The normalized spacial score (nSPS) is 10.5. The van der Waals surface area contributed by atoms with Crippen molar-refractivity contribution in [3.8, 4) is 6.07 Å². The van der Waals surface area contributed by atoms with Crippen LogP contribution in [0, 0.1) is 18.3 Å². The molecule has 0 radical (unpaired) electrons. The highest BCUT2D eigenvalue weighted by Crippen LogP contribution is 2.24. The van der Waals surface area contributed by atoms with Gasteiger partial charge in [0, 0.05) is 24.3 Å². The molecule has 0 unspecified atom stereocenters. The Morgan fingerprint density at radius 3 is 3.00 bits per heavy atom. The van der Waals surface area contributed by atoms with Crippen molar-refractivity contribution in [3.63, 3.8) is 0 Å². The van der Waals surface area contributed by atoms with Gasteiger partial charge in [-0.1, -0.05) is 11.6 Å². The summed E-state index contributed by atoms with van der Waals surface area (Å²) in [5.74, 6) is 0. The summed E-state index contributed by atoms with van der Waals surface area (Å²) in [6, 6.07) is 9.89. The zero-order chi connectivity index (χ0) is 14.7. The van der Waals surface area contributed by atoms with E-state index in [1.807, 2.05) is 42.1 Å². The quantitative estimate of drug-likeness (QED) is 0.790. The fraction of sp³-hybridized carbons (Fsp3) is 0.200. The first-order valence-corrected chi connectivity index (χ1v) is 6.66. The largest absolute Gasteiger partial charge is 0.380 e. The Bertz CT molecular complexity index is 801. The van der Waals surface area contributed by atoms with Gasteiger partial charge in [0.1, 0.15) is 6.07 Å². The molecule has 104 valence electrons. The highest BCUT2D eigenvalue weighted by atomic mass is 15.3. The number of nitrogens with one attached hydrogen (secondary N) is 1. The Morgan fingerprint density at radius 2 is 2.24 bits per heavy atom. The van der Waals surface area contributed by atoms with Gasteiger partial charge in [-0.25, -0.2) is 0 Å². The smallest absolute Gasteiger partial charge is 0.186 e. The Kier molecular flexibility index (Phi) is 3.48. The lowest BCUT2D eigenvalue weighted by atomic mass is 10.1. The molecule has 0 atom stereocenters. The summed E-state index contributed by atoms with van der Waals surface area (Å²) < 4.78 is 1.83. The predicted octanol–water partition coefficient (Wildman–Crippen LogP) is 2.12. The van der Waals surface area contributed by atoms with E-state index in [0.717, 1.165) is 22.2 Å². The molecule has 0 aliphatic rings. The monoisotopic (exact) mass is 278 g/mol. The standard InChI is InChI=1S/C15H14N6/c1-11-3-4-13-12(9-11)15(14(10-16)20-19-13)17-6-8-21-7-2-5-18-21/h2-5,7,9H,6,8H2,1H3,(H,17,19). The van der Waals surface area contributed by atoms with E-state index in [1.54, 1.807) is 6.20 Å². The molecule has 6 nitrogen and oxygen atoms in total. The summed E-state index contributed by atoms with van der Waals surface area (Å²) >= 11 is 0. The lowest BCUT2D eigenvalue weighted by Gasteiger charge is -2.11. The first-order chi connectivity index (χ1) is 10.3. The number of rotatable bonds is 4. The van der Waals surface area contributed by atoms with Crippen LogP contribution in [-0.4, -0.2) is 26.5 Å². The van der Waals surface area contributed by atoms with Gasteiger partial charge < -0.3 is 5.32 Å². The number of fused-ring (bicyclic) bond motifs is 1. The van der Waals surface area contributed by atoms with Crippen molar-refractivity contribution in [2.75, 3.05) is 11.9 Å². The van der Waals surface area contributed by atoms with Crippen molar-refractivity contribution < 1.29 is 0 Å². The molecule has 0 spiro atoms. The van der Waals surface area contributed by atoms with Crippen molar-refractivity contribution in [2.24, 2.45) is 0 Å². The average molecular weight is 278 g/mol. The molecule has 0 saturated heterocycles. The van der Waals surface area contributed by atoms with Crippen molar-refractivity contribution in [3.05, 3.63) is 47.9 Å². The SMILES string of the molecule is Cc1ccc2nnc(C#N)c(NCCn3cccn3)c2c1. The highest BCUT2D eigenvalue weighted by Gasteiger charge is 2.10. The van der Waals surface area contributed by atoms with Crippen LogP contribution in [-0.2, 0) is 6.54 Å². The molecule has 0 bridgehead atoms. The topological polar surface area (TPSA) is 79.4 Å². The number of nitriles is 1.